The van der Waals surface area contributed by atoms with Gasteiger partial charge in [-0.25, -0.2) is 0 Å². The molecule has 2 aromatic rings. The fourth-order valence-corrected chi connectivity index (χ4v) is 3.67. The zero-order chi connectivity index (χ0) is 15.2. The smallest absolute Gasteiger partial charge is 0.123 e. The first-order chi connectivity index (χ1) is 10.2. The van der Waals surface area contributed by atoms with Gasteiger partial charge in [0.25, 0.3) is 0 Å². The number of para-hydroxylation sites is 1. The summed E-state index contributed by atoms with van der Waals surface area (Å²) >= 11 is 13.9. The maximum Gasteiger partial charge on any atom is 0.123 e. The zero-order valence-electron chi connectivity index (χ0n) is 11.9. The van der Waals surface area contributed by atoms with Crippen molar-refractivity contribution in [1.29, 1.82) is 0 Å². The van der Waals surface area contributed by atoms with Gasteiger partial charge in [0, 0.05) is 27.3 Å². The Morgan fingerprint density at radius 1 is 1.19 bits per heavy atom. The van der Waals surface area contributed by atoms with Crippen LogP contribution in [-0.2, 0) is 0 Å². The monoisotopic (exact) mass is 341 g/mol. The Kier molecular flexibility index (Phi) is 6.24. The molecule has 0 radical (unpaired) electrons. The van der Waals surface area contributed by atoms with Crippen LogP contribution in [0.5, 0.6) is 5.75 Å². The van der Waals surface area contributed by atoms with E-state index in [-0.39, 0.29) is 6.04 Å². The quantitative estimate of drug-likeness (QED) is 0.742. The Labute approximate surface area is 139 Å². The Hall–Kier alpha value is -0.870. The molecule has 21 heavy (non-hydrogen) atoms. The number of ether oxygens (including phenoxy) is 1. The van der Waals surface area contributed by atoms with E-state index in [1.807, 2.05) is 37.4 Å². The van der Waals surface area contributed by atoms with Crippen molar-refractivity contribution in [2.75, 3.05) is 19.9 Å². The summed E-state index contributed by atoms with van der Waals surface area (Å²) in [6, 6.07) is 13.7. The third kappa shape index (κ3) is 4.30. The van der Waals surface area contributed by atoms with Crippen LogP contribution in [0, 0.1) is 0 Å². The molecule has 2 rings (SSSR count). The van der Waals surface area contributed by atoms with E-state index in [0.29, 0.717) is 5.02 Å². The molecule has 2 nitrogen and oxygen atoms in total. The Balaban J connectivity index is 2.14. The molecule has 1 unspecified atom stereocenters. The van der Waals surface area contributed by atoms with Crippen molar-refractivity contribution in [3.8, 4) is 5.75 Å². The maximum atomic E-state index is 6.20. The van der Waals surface area contributed by atoms with E-state index < -0.39 is 0 Å². The minimum absolute atomic E-state index is 0.168. The highest BCUT2D eigenvalue weighted by atomic mass is 35.5. The largest absolute Gasteiger partial charge is 0.496 e. The van der Waals surface area contributed by atoms with Gasteiger partial charge < -0.3 is 10.1 Å². The lowest BCUT2D eigenvalue weighted by atomic mass is 10.1. The van der Waals surface area contributed by atoms with Gasteiger partial charge in [-0.2, -0.15) is 0 Å². The van der Waals surface area contributed by atoms with Crippen molar-refractivity contribution >= 4 is 35.0 Å². The number of benzene rings is 2. The van der Waals surface area contributed by atoms with Gasteiger partial charge in [-0.1, -0.05) is 41.4 Å². The lowest BCUT2D eigenvalue weighted by Gasteiger charge is -2.19. The standard InChI is InChI=1S/C16H17Cl2NOS/c1-19-14(12-5-3-4-6-15(12)20-2)10-21-16-9-11(17)7-8-13(16)18/h3-9,14,19H,10H2,1-2H3. The first-order valence-electron chi connectivity index (χ1n) is 6.53. The summed E-state index contributed by atoms with van der Waals surface area (Å²) in [5.41, 5.74) is 1.13. The van der Waals surface area contributed by atoms with Gasteiger partial charge in [-0.05, 0) is 31.3 Å². The molecule has 0 spiro atoms. The lowest BCUT2D eigenvalue weighted by molar-refractivity contribution is 0.404. The molecule has 1 atom stereocenters. The summed E-state index contributed by atoms with van der Waals surface area (Å²) in [6.07, 6.45) is 0. The van der Waals surface area contributed by atoms with E-state index >= 15 is 0 Å². The fraction of sp³-hybridized carbons (Fsp3) is 0.250. The van der Waals surface area contributed by atoms with E-state index in [4.69, 9.17) is 27.9 Å². The third-order valence-electron chi connectivity index (χ3n) is 3.16. The molecule has 5 heteroatoms. The van der Waals surface area contributed by atoms with E-state index in [9.17, 15) is 0 Å². The van der Waals surface area contributed by atoms with Gasteiger partial charge in [0.05, 0.1) is 12.1 Å². The second-order valence-corrected chi connectivity index (χ2v) is 6.37. The molecular weight excluding hydrogens is 325 g/mol. The molecule has 0 aliphatic rings. The first kappa shape index (κ1) is 16.5. The van der Waals surface area contributed by atoms with Gasteiger partial charge in [0.1, 0.15) is 5.75 Å². The van der Waals surface area contributed by atoms with E-state index in [1.54, 1.807) is 24.9 Å². The molecule has 0 aliphatic carbocycles. The molecule has 0 aromatic heterocycles. The summed E-state index contributed by atoms with van der Waals surface area (Å²) in [6.45, 7) is 0. The number of hydrogen-bond donors (Lipinski definition) is 1. The predicted molar refractivity (Wildman–Crippen MR) is 92.0 cm³/mol. The van der Waals surface area contributed by atoms with Crippen molar-refractivity contribution < 1.29 is 4.74 Å². The average molecular weight is 342 g/mol. The molecule has 0 amide bonds. The highest BCUT2D eigenvalue weighted by Crippen LogP contribution is 2.34. The first-order valence-corrected chi connectivity index (χ1v) is 8.28. The van der Waals surface area contributed by atoms with Crippen molar-refractivity contribution in [1.82, 2.24) is 5.32 Å². The van der Waals surface area contributed by atoms with Gasteiger partial charge in [0.15, 0.2) is 0 Å². The second kappa shape index (κ2) is 7.95. The van der Waals surface area contributed by atoms with Crippen LogP contribution in [0.4, 0.5) is 0 Å². The zero-order valence-corrected chi connectivity index (χ0v) is 14.2. The number of methoxy groups -OCH3 is 1. The summed E-state index contributed by atoms with van der Waals surface area (Å²) in [7, 11) is 3.63. The maximum absolute atomic E-state index is 6.20. The van der Waals surface area contributed by atoms with Crippen LogP contribution in [0.2, 0.25) is 10.0 Å². The van der Waals surface area contributed by atoms with Crippen LogP contribution in [0.15, 0.2) is 47.4 Å². The topological polar surface area (TPSA) is 21.3 Å². The van der Waals surface area contributed by atoms with Gasteiger partial charge >= 0.3 is 0 Å². The van der Waals surface area contributed by atoms with Gasteiger partial charge in [-0.3, -0.25) is 0 Å². The average Bonchev–Trinajstić information content (AvgIpc) is 2.51. The number of nitrogens with one attached hydrogen (secondary N) is 1. The number of thioether (sulfide) groups is 1. The van der Waals surface area contributed by atoms with Crippen LogP contribution < -0.4 is 10.1 Å². The highest BCUT2D eigenvalue weighted by Gasteiger charge is 2.15. The molecule has 0 aliphatic heterocycles. The minimum Gasteiger partial charge on any atom is -0.496 e. The van der Waals surface area contributed by atoms with Gasteiger partial charge in [0.2, 0.25) is 0 Å². The van der Waals surface area contributed by atoms with Gasteiger partial charge in [-0.15, -0.1) is 11.8 Å². The minimum atomic E-state index is 0.168. The highest BCUT2D eigenvalue weighted by molar-refractivity contribution is 7.99. The van der Waals surface area contributed by atoms with E-state index in [2.05, 4.69) is 11.4 Å². The van der Waals surface area contributed by atoms with Crippen LogP contribution in [-0.4, -0.2) is 19.9 Å². The molecule has 112 valence electrons. The summed E-state index contributed by atoms with van der Waals surface area (Å²) in [5, 5.41) is 4.74. The fourth-order valence-electron chi connectivity index (χ4n) is 2.04. The van der Waals surface area contributed by atoms with Crippen molar-refractivity contribution in [2.24, 2.45) is 0 Å². The van der Waals surface area contributed by atoms with Crippen LogP contribution in [0.3, 0.4) is 0 Å². The summed E-state index contributed by atoms with van der Waals surface area (Å²) < 4.78 is 5.43. The van der Waals surface area contributed by atoms with Crippen molar-refractivity contribution in [3.63, 3.8) is 0 Å². The molecule has 0 fully saturated rings. The Morgan fingerprint density at radius 3 is 2.67 bits per heavy atom. The molecule has 0 saturated carbocycles. The number of halogens is 2. The molecule has 0 saturated heterocycles. The number of hydrogen-bond acceptors (Lipinski definition) is 3. The summed E-state index contributed by atoms with van der Waals surface area (Å²) in [4.78, 5) is 0.985. The van der Waals surface area contributed by atoms with E-state index in [1.165, 1.54) is 0 Å². The predicted octanol–water partition coefficient (Wildman–Crippen LogP) is 5.05. The van der Waals surface area contributed by atoms with Crippen molar-refractivity contribution in [2.45, 2.75) is 10.9 Å². The Morgan fingerprint density at radius 2 is 1.95 bits per heavy atom. The number of rotatable bonds is 6. The normalized spacial score (nSPS) is 12.2. The SMILES string of the molecule is CNC(CSc1cc(Cl)ccc1Cl)c1ccccc1OC. The second-order valence-electron chi connectivity index (χ2n) is 4.47. The Bertz CT molecular complexity index is 607. The molecule has 0 bridgehead atoms. The van der Waals surface area contributed by atoms with Crippen LogP contribution in [0.1, 0.15) is 11.6 Å². The van der Waals surface area contributed by atoms with Crippen molar-refractivity contribution in [3.05, 3.63) is 58.1 Å². The van der Waals surface area contributed by atoms with Crippen LogP contribution >= 0.6 is 35.0 Å². The third-order valence-corrected chi connectivity index (χ3v) is 4.99. The molecule has 2 aromatic carbocycles. The summed E-state index contributed by atoms with van der Waals surface area (Å²) in [5.74, 6) is 1.71. The molecule has 1 N–H and O–H groups in total. The van der Waals surface area contributed by atoms with E-state index in [0.717, 1.165) is 27.0 Å². The molecule has 0 heterocycles. The van der Waals surface area contributed by atoms with Crippen LogP contribution in [0.25, 0.3) is 0 Å². The molecular formula is C16H17Cl2NOS. The lowest BCUT2D eigenvalue weighted by Crippen LogP contribution is -2.19.